The Morgan fingerprint density at radius 1 is 1.15 bits per heavy atom. The molecule has 0 aromatic heterocycles. The van der Waals surface area contributed by atoms with Crippen LogP contribution in [0.15, 0.2) is 18.2 Å². The Balaban J connectivity index is 2.28. The molecular formula is C17H21N3. The fraction of sp³-hybridized carbons (Fsp3) is 0.529. The largest absolute Gasteiger partial charge is 0.371 e. The zero-order valence-corrected chi connectivity index (χ0v) is 12.5. The van der Waals surface area contributed by atoms with E-state index in [4.69, 9.17) is 0 Å². The summed E-state index contributed by atoms with van der Waals surface area (Å²) in [6, 6.07) is 10.8. The van der Waals surface area contributed by atoms with Gasteiger partial charge in [-0.05, 0) is 36.8 Å². The Morgan fingerprint density at radius 2 is 1.75 bits per heavy atom. The van der Waals surface area contributed by atoms with Crippen molar-refractivity contribution in [3.63, 3.8) is 0 Å². The number of aryl methyl sites for hydroxylation is 1. The fourth-order valence-electron chi connectivity index (χ4n) is 2.94. The molecule has 1 aliphatic heterocycles. The van der Waals surface area contributed by atoms with E-state index >= 15 is 0 Å². The fourth-order valence-corrected chi connectivity index (χ4v) is 2.94. The molecular weight excluding hydrogens is 246 g/mol. The monoisotopic (exact) mass is 267 g/mol. The molecule has 1 fully saturated rings. The molecule has 0 unspecified atom stereocenters. The van der Waals surface area contributed by atoms with E-state index in [1.54, 1.807) is 0 Å². The standard InChI is InChI=1S/C17H21N3/c1-13(2)15-6-4-5-14(3)16(15)20-9-7-17(11-18,12-19)8-10-20/h4-6,13H,7-10H2,1-3H3. The highest BCUT2D eigenvalue weighted by atomic mass is 15.1. The third-order valence-corrected chi connectivity index (χ3v) is 4.25. The van der Waals surface area contributed by atoms with Crippen LogP contribution in [0, 0.1) is 35.0 Å². The number of para-hydroxylation sites is 1. The van der Waals surface area contributed by atoms with Crippen LogP contribution in [0.5, 0.6) is 0 Å². The van der Waals surface area contributed by atoms with E-state index < -0.39 is 5.41 Å². The highest BCUT2D eigenvalue weighted by Gasteiger charge is 2.35. The van der Waals surface area contributed by atoms with Crippen LogP contribution in [0.2, 0.25) is 0 Å². The van der Waals surface area contributed by atoms with Crippen LogP contribution in [-0.4, -0.2) is 13.1 Å². The predicted molar refractivity (Wildman–Crippen MR) is 80.4 cm³/mol. The minimum atomic E-state index is -0.781. The van der Waals surface area contributed by atoms with Gasteiger partial charge in [-0.1, -0.05) is 32.0 Å². The van der Waals surface area contributed by atoms with Crippen molar-refractivity contribution in [2.75, 3.05) is 18.0 Å². The molecule has 0 spiro atoms. The summed E-state index contributed by atoms with van der Waals surface area (Å²) < 4.78 is 0. The van der Waals surface area contributed by atoms with Gasteiger partial charge < -0.3 is 4.90 Å². The molecule has 0 atom stereocenters. The van der Waals surface area contributed by atoms with Gasteiger partial charge in [0.25, 0.3) is 0 Å². The third kappa shape index (κ3) is 2.49. The summed E-state index contributed by atoms with van der Waals surface area (Å²) >= 11 is 0. The topological polar surface area (TPSA) is 50.8 Å². The van der Waals surface area contributed by atoms with Gasteiger partial charge in [0.15, 0.2) is 0 Å². The molecule has 0 saturated carbocycles. The van der Waals surface area contributed by atoms with Crippen molar-refractivity contribution in [3.05, 3.63) is 29.3 Å². The maximum atomic E-state index is 9.20. The van der Waals surface area contributed by atoms with Gasteiger partial charge >= 0.3 is 0 Å². The zero-order chi connectivity index (χ0) is 14.8. The number of benzene rings is 1. The first-order valence-electron chi connectivity index (χ1n) is 7.20. The number of rotatable bonds is 2. The molecule has 1 aromatic rings. The molecule has 104 valence electrons. The lowest BCUT2D eigenvalue weighted by Crippen LogP contribution is -2.39. The molecule has 3 heteroatoms. The van der Waals surface area contributed by atoms with Gasteiger partial charge in [-0.15, -0.1) is 0 Å². The number of hydrogen-bond donors (Lipinski definition) is 0. The summed E-state index contributed by atoms with van der Waals surface area (Å²) in [5.41, 5.74) is 3.15. The molecule has 1 saturated heterocycles. The Kier molecular flexibility index (Phi) is 4.00. The lowest BCUT2D eigenvalue weighted by atomic mass is 9.81. The second kappa shape index (κ2) is 5.55. The van der Waals surface area contributed by atoms with E-state index in [0.717, 1.165) is 13.1 Å². The average Bonchev–Trinajstić information content (AvgIpc) is 2.47. The van der Waals surface area contributed by atoms with Crippen LogP contribution in [0.4, 0.5) is 5.69 Å². The molecule has 2 rings (SSSR count). The van der Waals surface area contributed by atoms with E-state index in [2.05, 4.69) is 56.0 Å². The summed E-state index contributed by atoms with van der Waals surface area (Å²) in [5, 5.41) is 18.4. The van der Waals surface area contributed by atoms with E-state index in [1.165, 1.54) is 16.8 Å². The maximum Gasteiger partial charge on any atom is 0.147 e. The summed E-state index contributed by atoms with van der Waals surface area (Å²) in [5.74, 6) is 0.475. The van der Waals surface area contributed by atoms with E-state index in [9.17, 15) is 10.5 Å². The molecule has 1 aliphatic rings. The van der Waals surface area contributed by atoms with E-state index in [1.807, 2.05) is 0 Å². The first kappa shape index (κ1) is 14.4. The molecule has 1 heterocycles. The number of nitriles is 2. The highest BCUT2D eigenvalue weighted by Crippen LogP contribution is 2.37. The van der Waals surface area contributed by atoms with Crippen molar-refractivity contribution in [1.82, 2.24) is 0 Å². The predicted octanol–water partition coefficient (Wildman–Crippen LogP) is 3.75. The van der Waals surface area contributed by atoms with E-state index in [0.29, 0.717) is 18.8 Å². The van der Waals surface area contributed by atoms with Crippen molar-refractivity contribution >= 4 is 5.69 Å². The summed E-state index contributed by atoms with van der Waals surface area (Å²) in [6.07, 6.45) is 1.26. The highest BCUT2D eigenvalue weighted by molar-refractivity contribution is 5.61. The lowest BCUT2D eigenvalue weighted by molar-refractivity contribution is 0.392. The van der Waals surface area contributed by atoms with Gasteiger partial charge in [0, 0.05) is 18.8 Å². The first-order chi connectivity index (χ1) is 9.53. The number of hydrogen-bond acceptors (Lipinski definition) is 3. The number of nitrogens with zero attached hydrogens (tertiary/aromatic N) is 3. The van der Waals surface area contributed by atoms with Gasteiger partial charge in [-0.25, -0.2) is 0 Å². The van der Waals surface area contributed by atoms with Gasteiger partial charge in [0.2, 0.25) is 0 Å². The quantitative estimate of drug-likeness (QED) is 0.820. The molecule has 1 aromatic carbocycles. The smallest absolute Gasteiger partial charge is 0.147 e. The van der Waals surface area contributed by atoms with Crippen molar-refractivity contribution in [2.24, 2.45) is 5.41 Å². The van der Waals surface area contributed by atoms with Crippen LogP contribution in [0.3, 0.4) is 0 Å². The average molecular weight is 267 g/mol. The van der Waals surface area contributed by atoms with Crippen LogP contribution in [0.25, 0.3) is 0 Å². The Bertz CT molecular complexity index is 551. The normalized spacial score (nSPS) is 17.6. The van der Waals surface area contributed by atoms with Gasteiger partial charge in [-0.3, -0.25) is 0 Å². The Labute approximate surface area is 121 Å². The Morgan fingerprint density at radius 3 is 2.25 bits per heavy atom. The van der Waals surface area contributed by atoms with Crippen LogP contribution in [0.1, 0.15) is 43.7 Å². The van der Waals surface area contributed by atoms with Crippen molar-refractivity contribution in [1.29, 1.82) is 10.5 Å². The SMILES string of the molecule is Cc1cccc(C(C)C)c1N1CCC(C#N)(C#N)CC1. The summed E-state index contributed by atoms with van der Waals surface area (Å²) in [6.45, 7) is 8.11. The minimum absolute atomic E-state index is 0.475. The second-order valence-electron chi connectivity index (χ2n) is 5.96. The third-order valence-electron chi connectivity index (χ3n) is 4.25. The maximum absolute atomic E-state index is 9.20. The van der Waals surface area contributed by atoms with Gasteiger partial charge in [-0.2, -0.15) is 10.5 Å². The number of piperidine rings is 1. The molecule has 20 heavy (non-hydrogen) atoms. The summed E-state index contributed by atoms with van der Waals surface area (Å²) in [4.78, 5) is 2.34. The van der Waals surface area contributed by atoms with Crippen molar-refractivity contribution in [2.45, 2.75) is 39.5 Å². The van der Waals surface area contributed by atoms with Gasteiger partial charge in [0.05, 0.1) is 12.1 Å². The van der Waals surface area contributed by atoms with Crippen LogP contribution >= 0.6 is 0 Å². The second-order valence-corrected chi connectivity index (χ2v) is 5.96. The number of anilines is 1. The van der Waals surface area contributed by atoms with E-state index in [-0.39, 0.29) is 0 Å². The molecule has 0 bridgehead atoms. The molecule has 0 amide bonds. The zero-order valence-electron chi connectivity index (χ0n) is 12.5. The summed E-state index contributed by atoms with van der Waals surface area (Å²) in [7, 11) is 0. The van der Waals surface area contributed by atoms with Crippen LogP contribution in [-0.2, 0) is 0 Å². The Hall–Kier alpha value is -2.00. The molecule has 3 nitrogen and oxygen atoms in total. The first-order valence-corrected chi connectivity index (χ1v) is 7.20. The molecule has 0 aliphatic carbocycles. The van der Waals surface area contributed by atoms with Gasteiger partial charge in [0.1, 0.15) is 5.41 Å². The minimum Gasteiger partial charge on any atom is -0.371 e. The lowest BCUT2D eigenvalue weighted by Gasteiger charge is -2.37. The van der Waals surface area contributed by atoms with Crippen molar-refractivity contribution in [3.8, 4) is 12.1 Å². The van der Waals surface area contributed by atoms with Crippen LogP contribution < -0.4 is 4.90 Å². The molecule has 0 N–H and O–H groups in total. The molecule has 0 radical (unpaired) electrons. The van der Waals surface area contributed by atoms with Crippen molar-refractivity contribution < 1.29 is 0 Å².